The van der Waals surface area contributed by atoms with Gasteiger partial charge in [0.2, 0.25) is 5.91 Å². The fraction of sp³-hybridized carbons (Fsp3) is 0.222. The zero-order chi connectivity index (χ0) is 17.4. The Morgan fingerprint density at radius 2 is 1.79 bits per heavy atom. The van der Waals surface area contributed by atoms with E-state index in [4.69, 9.17) is 5.73 Å². The van der Waals surface area contributed by atoms with Gasteiger partial charge in [-0.3, -0.25) is 4.79 Å². The zero-order valence-electron chi connectivity index (χ0n) is 13.5. The number of aryl methyl sites for hydroxylation is 1. The Kier molecular flexibility index (Phi) is 6.69. The van der Waals surface area contributed by atoms with Crippen molar-refractivity contribution in [3.8, 4) is 0 Å². The van der Waals surface area contributed by atoms with E-state index in [1.807, 2.05) is 55.5 Å². The molecule has 6 heteroatoms. The maximum Gasteiger partial charge on any atom is 0.319 e. The molecule has 0 atom stereocenters. The summed E-state index contributed by atoms with van der Waals surface area (Å²) in [4.78, 5) is 23.8. The second-order valence-corrected chi connectivity index (χ2v) is 6.49. The van der Waals surface area contributed by atoms with Crippen LogP contribution in [0.1, 0.15) is 17.5 Å². The van der Waals surface area contributed by atoms with Crippen LogP contribution in [0.15, 0.2) is 53.4 Å². The van der Waals surface area contributed by atoms with Crippen molar-refractivity contribution in [2.45, 2.75) is 24.8 Å². The summed E-state index contributed by atoms with van der Waals surface area (Å²) < 4.78 is 0. The molecule has 24 heavy (non-hydrogen) atoms. The average molecular weight is 343 g/mol. The van der Waals surface area contributed by atoms with Crippen molar-refractivity contribution in [1.82, 2.24) is 5.32 Å². The van der Waals surface area contributed by atoms with Crippen LogP contribution in [0.3, 0.4) is 0 Å². The Bertz CT molecular complexity index is 702. The van der Waals surface area contributed by atoms with Gasteiger partial charge in [0, 0.05) is 23.6 Å². The van der Waals surface area contributed by atoms with E-state index in [2.05, 4.69) is 10.6 Å². The third-order valence-electron chi connectivity index (χ3n) is 3.31. The highest BCUT2D eigenvalue weighted by atomic mass is 32.2. The number of thioether (sulfide) groups is 1. The van der Waals surface area contributed by atoms with Crippen LogP contribution in [0.5, 0.6) is 0 Å². The standard InChI is InChI=1S/C18H21N3O2S/c1-13-6-8-14(9-7-13)12-20-18(23)21-15-4-2-3-5-16(15)24-11-10-17(19)22/h2-9H,10-12H2,1H3,(H2,19,22)(H2,20,21,23). The first kappa shape index (κ1) is 17.9. The minimum atomic E-state index is -0.330. The van der Waals surface area contributed by atoms with Gasteiger partial charge in [-0.1, -0.05) is 42.0 Å². The first-order valence-electron chi connectivity index (χ1n) is 7.65. The van der Waals surface area contributed by atoms with E-state index in [0.717, 1.165) is 10.5 Å². The summed E-state index contributed by atoms with van der Waals surface area (Å²) in [6.07, 6.45) is 0.304. The van der Waals surface area contributed by atoms with Gasteiger partial charge in [-0.2, -0.15) is 0 Å². The number of hydrogen-bond acceptors (Lipinski definition) is 3. The molecule has 0 heterocycles. The molecule has 0 aliphatic rings. The summed E-state index contributed by atoms with van der Waals surface area (Å²) >= 11 is 1.49. The number of rotatable bonds is 7. The van der Waals surface area contributed by atoms with Crippen molar-refractivity contribution in [3.63, 3.8) is 0 Å². The summed E-state index contributed by atoms with van der Waals surface area (Å²) in [6, 6.07) is 15.2. The van der Waals surface area contributed by atoms with E-state index >= 15 is 0 Å². The Balaban J connectivity index is 1.88. The summed E-state index contributed by atoms with van der Waals surface area (Å²) in [6.45, 7) is 2.49. The lowest BCUT2D eigenvalue weighted by molar-refractivity contribution is -0.117. The van der Waals surface area contributed by atoms with Crippen molar-refractivity contribution in [3.05, 3.63) is 59.7 Å². The van der Waals surface area contributed by atoms with Gasteiger partial charge in [0.25, 0.3) is 0 Å². The van der Waals surface area contributed by atoms with Gasteiger partial charge in [-0.15, -0.1) is 11.8 Å². The number of primary amides is 1. The molecule has 4 N–H and O–H groups in total. The third-order valence-corrected chi connectivity index (χ3v) is 4.39. The molecular weight excluding hydrogens is 322 g/mol. The predicted molar refractivity (Wildman–Crippen MR) is 98.0 cm³/mol. The van der Waals surface area contributed by atoms with E-state index in [0.29, 0.717) is 24.4 Å². The van der Waals surface area contributed by atoms with E-state index in [-0.39, 0.29) is 11.9 Å². The minimum Gasteiger partial charge on any atom is -0.370 e. The highest BCUT2D eigenvalue weighted by molar-refractivity contribution is 7.99. The molecule has 0 saturated carbocycles. The van der Waals surface area contributed by atoms with E-state index in [9.17, 15) is 9.59 Å². The lowest BCUT2D eigenvalue weighted by Crippen LogP contribution is -2.28. The summed E-state index contributed by atoms with van der Waals surface area (Å²) in [5, 5.41) is 5.68. The maximum absolute atomic E-state index is 12.1. The molecule has 0 aromatic heterocycles. The zero-order valence-corrected chi connectivity index (χ0v) is 14.4. The second-order valence-electron chi connectivity index (χ2n) is 5.35. The van der Waals surface area contributed by atoms with Crippen molar-refractivity contribution in [2.75, 3.05) is 11.1 Å². The number of amides is 3. The van der Waals surface area contributed by atoms with E-state index in [1.165, 1.54) is 17.3 Å². The molecule has 0 aliphatic heterocycles. The SMILES string of the molecule is Cc1ccc(CNC(=O)Nc2ccccc2SCCC(N)=O)cc1. The molecule has 0 bridgehead atoms. The van der Waals surface area contributed by atoms with Gasteiger partial charge in [0.05, 0.1) is 5.69 Å². The van der Waals surface area contributed by atoms with E-state index in [1.54, 1.807) is 0 Å². The van der Waals surface area contributed by atoms with Crippen LogP contribution in [0.2, 0.25) is 0 Å². The second kappa shape index (κ2) is 8.98. The molecule has 0 saturated heterocycles. The topological polar surface area (TPSA) is 84.2 Å². The van der Waals surface area contributed by atoms with Crippen LogP contribution < -0.4 is 16.4 Å². The lowest BCUT2D eigenvalue weighted by Gasteiger charge is -2.11. The lowest BCUT2D eigenvalue weighted by atomic mass is 10.1. The van der Waals surface area contributed by atoms with Gasteiger partial charge < -0.3 is 16.4 Å². The number of nitrogens with one attached hydrogen (secondary N) is 2. The van der Waals surface area contributed by atoms with Gasteiger partial charge in [-0.25, -0.2) is 4.79 Å². The van der Waals surface area contributed by atoms with Gasteiger partial charge in [0.15, 0.2) is 0 Å². The molecule has 0 radical (unpaired) electrons. The van der Waals surface area contributed by atoms with Crippen LogP contribution in [0, 0.1) is 6.92 Å². The Labute approximate surface area is 146 Å². The monoisotopic (exact) mass is 343 g/mol. The molecule has 2 aromatic carbocycles. The third kappa shape index (κ3) is 5.96. The quantitative estimate of drug-likeness (QED) is 0.675. The van der Waals surface area contributed by atoms with Crippen molar-refractivity contribution >= 4 is 29.4 Å². The Hall–Kier alpha value is -2.47. The van der Waals surface area contributed by atoms with Crippen LogP contribution in [-0.4, -0.2) is 17.7 Å². The van der Waals surface area contributed by atoms with Crippen molar-refractivity contribution < 1.29 is 9.59 Å². The fourth-order valence-corrected chi connectivity index (χ4v) is 2.98. The van der Waals surface area contributed by atoms with E-state index < -0.39 is 0 Å². The number of anilines is 1. The molecule has 0 aliphatic carbocycles. The predicted octanol–water partition coefficient (Wildman–Crippen LogP) is 3.28. The highest BCUT2D eigenvalue weighted by Crippen LogP contribution is 2.27. The summed E-state index contributed by atoms with van der Waals surface area (Å²) in [7, 11) is 0. The van der Waals surface area contributed by atoms with Crippen LogP contribution in [0.4, 0.5) is 10.5 Å². The number of carbonyl (C=O) groups excluding carboxylic acids is 2. The highest BCUT2D eigenvalue weighted by Gasteiger charge is 2.07. The minimum absolute atomic E-state index is 0.265. The smallest absolute Gasteiger partial charge is 0.319 e. The first-order chi connectivity index (χ1) is 11.5. The number of benzene rings is 2. The Morgan fingerprint density at radius 1 is 1.08 bits per heavy atom. The van der Waals surface area contributed by atoms with Crippen LogP contribution >= 0.6 is 11.8 Å². The molecule has 0 unspecified atom stereocenters. The average Bonchev–Trinajstić information content (AvgIpc) is 2.55. The maximum atomic E-state index is 12.1. The molecule has 5 nitrogen and oxygen atoms in total. The number of hydrogen-bond donors (Lipinski definition) is 3. The fourth-order valence-electron chi connectivity index (χ4n) is 2.01. The van der Waals surface area contributed by atoms with Gasteiger partial charge in [-0.05, 0) is 24.6 Å². The summed E-state index contributed by atoms with van der Waals surface area (Å²) in [5.41, 5.74) is 8.09. The van der Waals surface area contributed by atoms with Crippen LogP contribution in [-0.2, 0) is 11.3 Å². The number of urea groups is 1. The molecule has 2 aromatic rings. The molecule has 126 valence electrons. The number of para-hydroxylation sites is 1. The van der Waals surface area contributed by atoms with Gasteiger partial charge >= 0.3 is 6.03 Å². The van der Waals surface area contributed by atoms with Crippen molar-refractivity contribution in [2.24, 2.45) is 5.73 Å². The molecule has 2 rings (SSSR count). The first-order valence-corrected chi connectivity index (χ1v) is 8.63. The molecule has 3 amide bonds. The van der Waals surface area contributed by atoms with Gasteiger partial charge in [0.1, 0.15) is 0 Å². The summed E-state index contributed by atoms with van der Waals surface area (Å²) in [5.74, 6) is 0.253. The van der Waals surface area contributed by atoms with Crippen molar-refractivity contribution in [1.29, 1.82) is 0 Å². The molecule has 0 spiro atoms. The molecule has 0 fully saturated rings. The normalized spacial score (nSPS) is 10.2. The number of nitrogens with two attached hydrogens (primary N) is 1. The van der Waals surface area contributed by atoms with Crippen LogP contribution in [0.25, 0.3) is 0 Å². The number of carbonyl (C=O) groups is 2. The Morgan fingerprint density at radius 3 is 2.50 bits per heavy atom. The largest absolute Gasteiger partial charge is 0.370 e. The molecular formula is C18H21N3O2S.